The lowest BCUT2D eigenvalue weighted by atomic mass is 9.96. The van der Waals surface area contributed by atoms with Crippen LogP contribution in [0.4, 0.5) is 0 Å². The maximum atomic E-state index is 12.3. The first kappa shape index (κ1) is 46.2. The summed E-state index contributed by atoms with van der Waals surface area (Å²) in [7, 11) is 0. The monoisotopic (exact) mass is 996 g/mol. The zero-order valence-corrected chi connectivity index (χ0v) is 41.0. The summed E-state index contributed by atoms with van der Waals surface area (Å²) in [5, 5.41) is 85.8. The number of phenolic OH excluding ortho intramolecular Hbond substituents is 6. The van der Waals surface area contributed by atoms with E-state index >= 15 is 0 Å². The van der Waals surface area contributed by atoms with Gasteiger partial charge in [-0.25, -0.2) is 0 Å². The highest BCUT2D eigenvalue weighted by Gasteiger charge is 2.17. The van der Waals surface area contributed by atoms with E-state index in [-0.39, 0.29) is 66.8 Å². The van der Waals surface area contributed by atoms with Crippen molar-refractivity contribution < 1.29 is 30.6 Å². The lowest BCUT2D eigenvalue weighted by Gasteiger charge is -2.10. The van der Waals surface area contributed by atoms with E-state index in [0.29, 0.717) is 64.6 Å². The molecule has 6 nitrogen and oxygen atoms in total. The Morgan fingerprint density at radius 3 is 0.487 bits per heavy atom. The first-order valence-electron chi connectivity index (χ1n) is 24.8. The van der Waals surface area contributed by atoms with Crippen LogP contribution in [0.3, 0.4) is 0 Å². The van der Waals surface area contributed by atoms with Crippen LogP contribution in [0, 0.1) is 72.8 Å². The largest absolute Gasteiger partial charge is 0.506 e. The van der Waals surface area contributed by atoms with Gasteiger partial charge >= 0.3 is 0 Å². The van der Waals surface area contributed by atoms with E-state index in [0.717, 1.165) is 32.3 Å². The molecule has 78 heavy (non-hydrogen) atoms. The number of fused-ring (bicyclic) bond motifs is 27. The molecular formula is C72H36O6. The molecule has 6 N–H and O–H groups in total. The Morgan fingerprint density at radius 2 is 0.333 bits per heavy atom. The van der Waals surface area contributed by atoms with Gasteiger partial charge in [-0.15, -0.1) is 0 Å². The van der Waals surface area contributed by atoms with Crippen molar-refractivity contribution in [2.24, 2.45) is 0 Å². The molecule has 0 fully saturated rings. The van der Waals surface area contributed by atoms with E-state index in [9.17, 15) is 30.6 Å². The van der Waals surface area contributed by atoms with E-state index in [2.05, 4.69) is 72.8 Å². The van der Waals surface area contributed by atoms with E-state index < -0.39 is 0 Å². The lowest BCUT2D eigenvalue weighted by Crippen LogP contribution is -1.82. The summed E-state index contributed by atoms with van der Waals surface area (Å²) in [5.74, 6) is -1.13. The van der Waals surface area contributed by atoms with Crippen LogP contribution >= 0.6 is 0 Å². The van der Waals surface area contributed by atoms with Crippen molar-refractivity contribution in [2.45, 2.75) is 0 Å². The third-order valence-corrected chi connectivity index (χ3v) is 14.3. The minimum atomic E-state index is -0.188. The van der Waals surface area contributed by atoms with E-state index in [4.69, 9.17) is 0 Å². The number of rotatable bonds is 0. The van der Waals surface area contributed by atoms with Gasteiger partial charge in [0.15, 0.2) is 0 Å². The first-order chi connectivity index (χ1) is 38.2. The summed E-state index contributed by atoms with van der Waals surface area (Å²) in [5.41, 5.74) is 0. The Balaban J connectivity index is 1.20. The van der Waals surface area contributed by atoms with Crippen LogP contribution in [0.25, 0.3) is 129 Å². The van der Waals surface area contributed by atoms with Gasteiger partial charge in [-0.05, 0) is 174 Å². The molecule has 0 unspecified atom stereocenters. The Bertz CT molecular complexity index is 4240. The van der Waals surface area contributed by atoms with E-state index in [1.165, 1.54) is 0 Å². The van der Waals surface area contributed by atoms with Crippen LogP contribution in [0.1, 0.15) is 0 Å². The lowest BCUT2D eigenvalue weighted by molar-refractivity contribution is 0.483. The van der Waals surface area contributed by atoms with Crippen molar-refractivity contribution in [1.82, 2.24) is 0 Å². The highest BCUT2D eigenvalue weighted by Crippen LogP contribution is 2.46. The van der Waals surface area contributed by atoms with Crippen molar-refractivity contribution in [1.29, 1.82) is 0 Å². The molecule has 13 aromatic rings. The molecule has 0 aliphatic carbocycles. The van der Waals surface area contributed by atoms with E-state index in [1.54, 1.807) is 36.4 Å². The van der Waals surface area contributed by atoms with Crippen molar-refractivity contribution in [3.8, 4) is 34.5 Å². The van der Waals surface area contributed by atoms with Gasteiger partial charge in [0, 0.05) is 32.3 Å². The summed E-state index contributed by atoms with van der Waals surface area (Å²) in [6.07, 6.45) is 0. The van der Waals surface area contributed by atoms with Gasteiger partial charge in [0.25, 0.3) is 0 Å². The zero-order chi connectivity index (χ0) is 53.0. The molecule has 0 aromatic heterocycles. The number of aromatic hydroxyl groups is 6. The number of hydrogen-bond acceptors (Lipinski definition) is 6. The first-order valence-corrected chi connectivity index (χ1v) is 24.8. The van der Waals surface area contributed by atoms with Gasteiger partial charge < -0.3 is 30.6 Å². The summed E-state index contributed by atoms with van der Waals surface area (Å²) >= 11 is 0. The van der Waals surface area contributed by atoms with Gasteiger partial charge in [-0.2, -0.15) is 0 Å². The van der Waals surface area contributed by atoms with Gasteiger partial charge in [0.05, 0.1) is 32.3 Å². The maximum Gasteiger partial charge on any atom is 0.139 e. The Morgan fingerprint density at radius 1 is 0.192 bits per heavy atom. The minimum Gasteiger partial charge on any atom is -0.506 e. The SMILES string of the molecule is Oc1c2c#cc#cc3cc4ccccc4c(c3O)c3c(O)c(c#cc#cc4cc5ccccc5c(c4O)c4c(O)c(c#cc#cc5cc6ccccc6c(c5O)c1c1ccccc1c2)cc1ccccc14)cc1ccccc13. The van der Waals surface area contributed by atoms with Crippen molar-refractivity contribution in [3.05, 3.63) is 255 Å². The second-order valence-corrected chi connectivity index (χ2v) is 18.7. The number of phenols is 6. The molecule has 0 atom stereocenters. The summed E-state index contributed by atoms with van der Waals surface area (Å²) in [6.45, 7) is 0. The average molecular weight is 997 g/mol. The van der Waals surface area contributed by atoms with Crippen LogP contribution in [0.2, 0.25) is 0 Å². The Kier molecular flexibility index (Phi) is 11.1. The highest BCUT2D eigenvalue weighted by atomic mass is 16.3. The molecular weight excluding hydrogens is 961 g/mol. The van der Waals surface area contributed by atoms with Gasteiger partial charge in [0.2, 0.25) is 0 Å². The molecule has 360 valence electrons. The Labute approximate surface area is 447 Å². The standard InChI is InChI=1S/C72H36O6/c73-67-49-25-1-2-26-50-38-44-20-8-14-32-56(44)63(68(50)74)64-58-34-16-10-22-46(58)40-52(70(64)76)28-5-6-30-54-42-48-24-12-18-36-60(48)66(72(54)78)65-59-35-17-11-23-47(59)41-53(71(65)77)29-4-3-27-51-39-45-21-9-15-33-57(45)62(69(51)75)61(67)55-31-13-7-19-43(55)37-49/h7-24,31-42,73-78H. The highest BCUT2D eigenvalue weighted by molar-refractivity contribution is 6.26. The molecule has 13 aromatic carbocycles. The molecule has 0 aliphatic rings. The second kappa shape index (κ2) is 18.7. The van der Waals surface area contributed by atoms with Gasteiger partial charge in [0.1, 0.15) is 34.5 Å². The normalized spacial score (nSPS) is 10.8. The van der Waals surface area contributed by atoms with Crippen LogP contribution in [0.15, 0.2) is 182 Å². The molecule has 0 spiro atoms. The smallest absolute Gasteiger partial charge is 0.139 e. The van der Waals surface area contributed by atoms with Crippen molar-refractivity contribution in [2.75, 3.05) is 0 Å². The number of hydrogen-bond donors (Lipinski definition) is 6. The molecule has 12 bridgehead atoms. The molecule has 13 rings (SSSR count). The van der Waals surface area contributed by atoms with Crippen molar-refractivity contribution in [3.63, 3.8) is 0 Å². The molecule has 0 radical (unpaired) electrons. The average Bonchev–Trinajstić information content (AvgIpc) is 3.60. The van der Waals surface area contributed by atoms with Crippen LogP contribution in [0.5, 0.6) is 34.5 Å². The van der Waals surface area contributed by atoms with Crippen LogP contribution < -0.4 is 0 Å². The Hall–Kier alpha value is -11.6. The molecule has 0 saturated carbocycles. The van der Waals surface area contributed by atoms with E-state index in [1.807, 2.05) is 146 Å². The molecule has 0 saturated heterocycles. The van der Waals surface area contributed by atoms with Gasteiger partial charge in [-0.1, -0.05) is 146 Å². The predicted octanol–water partition coefficient (Wildman–Crippen LogP) is 16.4. The predicted molar refractivity (Wildman–Crippen MR) is 312 cm³/mol. The third-order valence-electron chi connectivity index (χ3n) is 14.3. The minimum absolute atomic E-state index is 0.188. The summed E-state index contributed by atoms with van der Waals surface area (Å²) in [6, 6.07) is 91.3. The second-order valence-electron chi connectivity index (χ2n) is 18.7. The maximum absolute atomic E-state index is 12.3. The summed E-state index contributed by atoms with van der Waals surface area (Å²) < 4.78 is 0. The van der Waals surface area contributed by atoms with Gasteiger partial charge in [-0.3, -0.25) is 0 Å². The fourth-order valence-electron chi connectivity index (χ4n) is 10.7. The quantitative estimate of drug-likeness (QED) is 0.0900. The third kappa shape index (κ3) is 7.68. The van der Waals surface area contributed by atoms with Crippen LogP contribution in [-0.4, -0.2) is 30.6 Å². The number of benzene rings is 12. The molecule has 6 heteroatoms. The fraction of sp³-hybridized carbons (Fsp3) is 0. The van der Waals surface area contributed by atoms with Crippen LogP contribution in [-0.2, 0) is 0 Å². The summed E-state index contributed by atoms with van der Waals surface area (Å²) in [4.78, 5) is 0. The zero-order valence-electron chi connectivity index (χ0n) is 41.0. The molecule has 0 amide bonds. The topological polar surface area (TPSA) is 121 Å². The van der Waals surface area contributed by atoms with Crippen molar-refractivity contribution >= 4 is 129 Å². The fourth-order valence-corrected chi connectivity index (χ4v) is 10.7. The molecule has 0 aliphatic heterocycles. The molecule has 0 heterocycles.